The van der Waals surface area contributed by atoms with Gasteiger partial charge in [-0.05, 0) is 86.4 Å². The molecule has 1 aliphatic rings. The number of imidazole rings is 1. The maximum absolute atomic E-state index is 6.14. The molecule has 1 aliphatic carbocycles. The molecule has 1 saturated carbocycles. The van der Waals surface area contributed by atoms with Gasteiger partial charge < -0.3 is 20.2 Å². The van der Waals surface area contributed by atoms with Gasteiger partial charge in [0.1, 0.15) is 29.0 Å². The molecule has 0 aliphatic heterocycles. The van der Waals surface area contributed by atoms with Crippen LogP contribution in [0.3, 0.4) is 0 Å². The molecule has 3 N–H and O–H groups in total. The van der Waals surface area contributed by atoms with Crippen LogP contribution in [0.15, 0.2) is 67.5 Å². The standard InChI is InChI=1S/C27H29N7O/c1-18-14-22(6-7-24(18)35-23-9-11-33-13-10-29-25(33)16-23)32-27-26-20(8-12-34(26)31-17-30-27)15-19-2-4-21(28)5-3-19/h6-14,16-17,19,21H,2-5,15,28H2,1H3,(H,30,31,32)/t19-,21-. The number of benzene rings is 1. The van der Waals surface area contributed by atoms with E-state index in [1.807, 2.05) is 58.7 Å². The number of nitrogens with zero attached hydrogens (tertiary/aromatic N) is 5. The fourth-order valence-electron chi connectivity index (χ4n) is 5.04. The Morgan fingerprint density at radius 1 is 1.03 bits per heavy atom. The third kappa shape index (κ3) is 4.44. The van der Waals surface area contributed by atoms with Crippen molar-refractivity contribution in [2.24, 2.45) is 11.7 Å². The second kappa shape index (κ2) is 9.03. The molecule has 5 aromatic rings. The number of aryl methyl sites for hydroxylation is 1. The van der Waals surface area contributed by atoms with Gasteiger partial charge in [0, 0.05) is 42.6 Å². The van der Waals surface area contributed by atoms with Crippen LogP contribution in [0.25, 0.3) is 11.2 Å². The minimum absolute atomic E-state index is 0.362. The molecule has 1 fully saturated rings. The van der Waals surface area contributed by atoms with Gasteiger partial charge in [0.15, 0.2) is 5.82 Å². The van der Waals surface area contributed by atoms with E-state index >= 15 is 0 Å². The molecular formula is C27H29N7O. The van der Waals surface area contributed by atoms with Gasteiger partial charge >= 0.3 is 0 Å². The van der Waals surface area contributed by atoms with Gasteiger partial charge in [0.05, 0.1) is 0 Å². The predicted octanol–water partition coefficient (Wildman–Crippen LogP) is 5.28. The first-order valence-electron chi connectivity index (χ1n) is 12.2. The van der Waals surface area contributed by atoms with E-state index in [4.69, 9.17) is 10.5 Å². The van der Waals surface area contributed by atoms with E-state index in [-0.39, 0.29) is 0 Å². The average molecular weight is 468 g/mol. The molecule has 0 bridgehead atoms. The monoisotopic (exact) mass is 467 g/mol. The van der Waals surface area contributed by atoms with Gasteiger partial charge in [-0.25, -0.2) is 14.5 Å². The first kappa shape index (κ1) is 21.6. The Labute approximate surface area is 203 Å². The number of fused-ring (bicyclic) bond motifs is 2. The van der Waals surface area contributed by atoms with E-state index in [0.29, 0.717) is 12.0 Å². The average Bonchev–Trinajstić information content (AvgIpc) is 3.50. The van der Waals surface area contributed by atoms with Gasteiger partial charge in [-0.15, -0.1) is 0 Å². The van der Waals surface area contributed by atoms with Crippen LogP contribution < -0.4 is 15.8 Å². The van der Waals surface area contributed by atoms with E-state index in [0.717, 1.165) is 59.0 Å². The quantitative estimate of drug-likeness (QED) is 0.353. The highest BCUT2D eigenvalue weighted by Gasteiger charge is 2.21. The Hall–Kier alpha value is -3.91. The fourth-order valence-corrected chi connectivity index (χ4v) is 5.04. The number of nitrogens with one attached hydrogen (secondary N) is 1. The van der Waals surface area contributed by atoms with Crippen LogP contribution in [-0.4, -0.2) is 30.0 Å². The summed E-state index contributed by atoms with van der Waals surface area (Å²) in [6.07, 6.45) is 14.9. The Balaban J connectivity index is 1.22. The van der Waals surface area contributed by atoms with E-state index in [9.17, 15) is 0 Å². The Morgan fingerprint density at radius 2 is 1.91 bits per heavy atom. The highest BCUT2D eigenvalue weighted by molar-refractivity contribution is 5.77. The van der Waals surface area contributed by atoms with Crippen LogP contribution in [0.4, 0.5) is 11.5 Å². The number of pyridine rings is 1. The molecule has 0 atom stereocenters. The van der Waals surface area contributed by atoms with E-state index < -0.39 is 0 Å². The number of nitrogens with two attached hydrogens (primary N) is 1. The van der Waals surface area contributed by atoms with Crippen LogP contribution in [0.2, 0.25) is 0 Å². The minimum atomic E-state index is 0.362. The van der Waals surface area contributed by atoms with E-state index in [2.05, 4.69) is 32.5 Å². The van der Waals surface area contributed by atoms with Crippen molar-refractivity contribution in [2.75, 3.05) is 5.32 Å². The summed E-state index contributed by atoms with van der Waals surface area (Å²) < 4.78 is 10.0. The van der Waals surface area contributed by atoms with E-state index in [1.54, 1.807) is 12.5 Å². The van der Waals surface area contributed by atoms with Crippen molar-refractivity contribution >= 4 is 22.7 Å². The van der Waals surface area contributed by atoms with Gasteiger partial charge in [-0.2, -0.15) is 5.10 Å². The van der Waals surface area contributed by atoms with Gasteiger partial charge in [0.25, 0.3) is 0 Å². The van der Waals surface area contributed by atoms with Crippen molar-refractivity contribution in [1.82, 2.24) is 24.0 Å². The van der Waals surface area contributed by atoms with Crippen molar-refractivity contribution in [3.63, 3.8) is 0 Å². The highest BCUT2D eigenvalue weighted by atomic mass is 16.5. The van der Waals surface area contributed by atoms with Crippen molar-refractivity contribution in [3.05, 3.63) is 78.6 Å². The number of rotatable bonds is 6. The Kier molecular flexibility index (Phi) is 5.58. The van der Waals surface area contributed by atoms with Crippen LogP contribution >= 0.6 is 0 Å². The molecule has 0 unspecified atom stereocenters. The lowest BCUT2D eigenvalue weighted by Crippen LogP contribution is -2.27. The summed E-state index contributed by atoms with van der Waals surface area (Å²) in [6, 6.07) is 12.5. The van der Waals surface area contributed by atoms with Crippen molar-refractivity contribution in [2.45, 2.75) is 45.1 Å². The summed E-state index contributed by atoms with van der Waals surface area (Å²) >= 11 is 0. The van der Waals surface area contributed by atoms with Gasteiger partial charge in [-0.1, -0.05) is 0 Å². The molecule has 4 aromatic heterocycles. The summed E-state index contributed by atoms with van der Waals surface area (Å²) in [4.78, 5) is 8.91. The van der Waals surface area contributed by atoms with Crippen LogP contribution in [-0.2, 0) is 6.42 Å². The largest absolute Gasteiger partial charge is 0.457 e. The zero-order valence-corrected chi connectivity index (χ0v) is 19.8. The zero-order chi connectivity index (χ0) is 23.8. The molecule has 4 heterocycles. The first-order valence-corrected chi connectivity index (χ1v) is 12.2. The molecular weight excluding hydrogens is 438 g/mol. The number of anilines is 2. The predicted molar refractivity (Wildman–Crippen MR) is 136 cm³/mol. The molecule has 0 radical (unpaired) electrons. The highest BCUT2D eigenvalue weighted by Crippen LogP contribution is 2.32. The smallest absolute Gasteiger partial charge is 0.158 e. The maximum atomic E-state index is 6.14. The van der Waals surface area contributed by atoms with Gasteiger partial charge in [-0.3, -0.25) is 0 Å². The molecule has 35 heavy (non-hydrogen) atoms. The second-order valence-corrected chi connectivity index (χ2v) is 9.49. The summed E-state index contributed by atoms with van der Waals surface area (Å²) in [5.74, 6) is 3.03. The lowest BCUT2D eigenvalue weighted by Gasteiger charge is -2.25. The van der Waals surface area contributed by atoms with Gasteiger partial charge in [0.2, 0.25) is 0 Å². The number of hydrogen-bond acceptors (Lipinski definition) is 6. The Morgan fingerprint density at radius 3 is 2.77 bits per heavy atom. The molecule has 1 aromatic carbocycles. The maximum Gasteiger partial charge on any atom is 0.158 e. The number of ether oxygens (including phenoxy) is 1. The SMILES string of the molecule is Cc1cc(Nc2ncnn3ccc(C[C@H]4CC[C@H](N)CC4)c23)ccc1Oc1ccn2ccnc2c1. The normalized spacial score (nSPS) is 18.2. The minimum Gasteiger partial charge on any atom is -0.457 e. The zero-order valence-electron chi connectivity index (χ0n) is 19.8. The second-order valence-electron chi connectivity index (χ2n) is 9.49. The summed E-state index contributed by atoms with van der Waals surface area (Å²) in [7, 11) is 0. The van der Waals surface area contributed by atoms with Crippen LogP contribution in [0, 0.1) is 12.8 Å². The lowest BCUT2D eigenvalue weighted by atomic mass is 9.83. The summed E-state index contributed by atoms with van der Waals surface area (Å²) in [5, 5.41) is 7.93. The third-order valence-corrected chi connectivity index (χ3v) is 6.97. The van der Waals surface area contributed by atoms with Crippen molar-refractivity contribution < 1.29 is 4.74 Å². The number of hydrogen-bond donors (Lipinski definition) is 2. The molecule has 0 amide bonds. The van der Waals surface area contributed by atoms with E-state index in [1.165, 1.54) is 18.4 Å². The molecule has 8 heteroatoms. The molecule has 8 nitrogen and oxygen atoms in total. The van der Waals surface area contributed by atoms with Crippen molar-refractivity contribution in [1.29, 1.82) is 0 Å². The third-order valence-electron chi connectivity index (χ3n) is 6.97. The van der Waals surface area contributed by atoms with Crippen LogP contribution in [0.1, 0.15) is 36.8 Å². The topological polar surface area (TPSA) is 94.8 Å². The summed E-state index contributed by atoms with van der Waals surface area (Å²) in [5.41, 5.74) is 11.3. The Bertz CT molecular complexity index is 1480. The molecule has 0 spiro atoms. The fraction of sp³-hybridized carbons (Fsp3) is 0.296. The summed E-state index contributed by atoms with van der Waals surface area (Å²) in [6.45, 7) is 2.04. The molecule has 0 saturated heterocycles. The lowest BCUT2D eigenvalue weighted by molar-refractivity contribution is 0.325. The van der Waals surface area contributed by atoms with Crippen LogP contribution in [0.5, 0.6) is 11.5 Å². The molecule has 178 valence electrons. The molecule has 6 rings (SSSR count). The first-order chi connectivity index (χ1) is 17.1. The number of aromatic nitrogens is 5. The van der Waals surface area contributed by atoms with Crippen molar-refractivity contribution in [3.8, 4) is 11.5 Å².